The Balaban J connectivity index is 1.51. The zero-order valence-electron chi connectivity index (χ0n) is 18.1. The number of hydrogen-bond acceptors (Lipinski definition) is 4. The molecule has 170 valence electrons. The van der Waals surface area contributed by atoms with Crippen LogP contribution < -0.4 is 10.6 Å². The monoisotopic (exact) mass is 433 g/mol. The summed E-state index contributed by atoms with van der Waals surface area (Å²) in [5.41, 5.74) is 0.948. The number of likely N-dealkylation sites (tertiary alicyclic amines) is 1. The summed E-state index contributed by atoms with van der Waals surface area (Å²) in [5.74, 6) is -0.829. The van der Waals surface area contributed by atoms with Crippen molar-refractivity contribution in [3.05, 3.63) is 35.6 Å². The summed E-state index contributed by atoms with van der Waals surface area (Å²) in [4.78, 5) is 39.1. The van der Waals surface area contributed by atoms with Crippen molar-refractivity contribution >= 4 is 17.7 Å². The molecule has 2 atom stereocenters. The number of ether oxygens (including phenoxy) is 1. The molecule has 0 aromatic heterocycles. The van der Waals surface area contributed by atoms with E-state index < -0.39 is 0 Å². The minimum absolute atomic E-state index is 0.0130. The Bertz CT molecular complexity index is 765. The lowest BCUT2D eigenvalue weighted by molar-refractivity contribution is -0.133. The molecule has 3 rings (SSSR count). The molecule has 1 aromatic carbocycles. The van der Waals surface area contributed by atoms with E-state index in [0.717, 1.165) is 5.56 Å². The van der Waals surface area contributed by atoms with Gasteiger partial charge in [-0.1, -0.05) is 12.1 Å². The molecule has 8 heteroatoms. The third-order valence-electron chi connectivity index (χ3n) is 6.13. The third-order valence-corrected chi connectivity index (χ3v) is 6.13. The Kier molecular flexibility index (Phi) is 8.40. The summed E-state index contributed by atoms with van der Waals surface area (Å²) < 4.78 is 18.3. The molecule has 7 nitrogen and oxygen atoms in total. The molecule has 31 heavy (non-hydrogen) atoms. The maximum Gasteiger partial charge on any atom is 0.224 e. The van der Waals surface area contributed by atoms with Crippen LogP contribution in [0.25, 0.3) is 0 Å². The molecule has 2 aliphatic rings. The van der Waals surface area contributed by atoms with Crippen molar-refractivity contribution in [3.8, 4) is 0 Å². The number of benzene rings is 1. The Morgan fingerprint density at radius 1 is 1.00 bits per heavy atom. The van der Waals surface area contributed by atoms with Crippen LogP contribution in [0.4, 0.5) is 4.39 Å². The lowest BCUT2D eigenvalue weighted by Crippen LogP contribution is -2.47. The second-order valence-electron chi connectivity index (χ2n) is 8.46. The topological polar surface area (TPSA) is 87.7 Å². The van der Waals surface area contributed by atoms with E-state index in [2.05, 4.69) is 10.6 Å². The Morgan fingerprint density at radius 2 is 1.71 bits per heavy atom. The van der Waals surface area contributed by atoms with Crippen LogP contribution in [0.2, 0.25) is 0 Å². The lowest BCUT2D eigenvalue weighted by Gasteiger charge is -2.27. The van der Waals surface area contributed by atoms with E-state index in [-0.39, 0.29) is 41.4 Å². The summed E-state index contributed by atoms with van der Waals surface area (Å²) in [6.45, 7) is 3.91. The van der Waals surface area contributed by atoms with E-state index in [1.54, 1.807) is 17.0 Å². The van der Waals surface area contributed by atoms with Crippen LogP contribution >= 0.6 is 0 Å². The third kappa shape index (κ3) is 7.02. The standard InChI is InChI=1S/C23H32FN3O4/c1-16(28)27-14-19(22(29)25-11-8-17-2-5-20(24)6-3-17)4-7-21(15-27)26-23(30)18-9-12-31-13-10-18/h2-3,5-6,18-19,21H,4,7-15H2,1H3,(H,25,29)(H,26,30)/t19-,21+/m1/s1. The van der Waals surface area contributed by atoms with Gasteiger partial charge in [0.2, 0.25) is 17.7 Å². The van der Waals surface area contributed by atoms with E-state index >= 15 is 0 Å². The molecule has 0 radical (unpaired) electrons. The van der Waals surface area contributed by atoms with Gasteiger partial charge in [0.15, 0.2) is 0 Å². The second kappa shape index (κ2) is 11.2. The predicted molar refractivity (Wildman–Crippen MR) is 114 cm³/mol. The molecular formula is C23H32FN3O4. The van der Waals surface area contributed by atoms with Crippen molar-refractivity contribution in [1.29, 1.82) is 0 Å². The van der Waals surface area contributed by atoms with Gasteiger partial charge in [0, 0.05) is 51.7 Å². The quantitative estimate of drug-likeness (QED) is 0.714. The van der Waals surface area contributed by atoms with Gasteiger partial charge < -0.3 is 20.3 Å². The first-order chi connectivity index (χ1) is 14.9. The van der Waals surface area contributed by atoms with E-state index in [1.807, 2.05) is 0 Å². The number of carbonyl (C=O) groups is 3. The number of carbonyl (C=O) groups excluding carboxylic acids is 3. The van der Waals surface area contributed by atoms with E-state index in [4.69, 9.17) is 4.74 Å². The minimum atomic E-state index is -0.317. The fraction of sp³-hybridized carbons (Fsp3) is 0.609. The average Bonchev–Trinajstić information content (AvgIpc) is 2.98. The lowest BCUT2D eigenvalue weighted by atomic mass is 9.97. The van der Waals surface area contributed by atoms with Gasteiger partial charge in [-0.05, 0) is 49.8 Å². The number of hydrogen-bond donors (Lipinski definition) is 2. The van der Waals surface area contributed by atoms with Crippen molar-refractivity contribution in [3.63, 3.8) is 0 Å². The van der Waals surface area contributed by atoms with Crippen LogP contribution in [0.3, 0.4) is 0 Å². The Labute approximate surface area is 182 Å². The van der Waals surface area contributed by atoms with Gasteiger partial charge in [-0.15, -0.1) is 0 Å². The Hall–Kier alpha value is -2.48. The van der Waals surface area contributed by atoms with Crippen LogP contribution in [-0.4, -0.2) is 61.5 Å². The number of amides is 3. The van der Waals surface area contributed by atoms with E-state index in [0.29, 0.717) is 65.0 Å². The molecular weight excluding hydrogens is 401 g/mol. The first-order valence-corrected chi connectivity index (χ1v) is 11.1. The summed E-state index contributed by atoms with van der Waals surface area (Å²) >= 11 is 0. The van der Waals surface area contributed by atoms with Gasteiger partial charge in [0.25, 0.3) is 0 Å². The molecule has 0 aliphatic carbocycles. The van der Waals surface area contributed by atoms with Gasteiger partial charge in [-0.2, -0.15) is 0 Å². The SMILES string of the molecule is CC(=O)N1C[C@@H](NC(=O)C2CCOCC2)CC[C@@H](C(=O)NCCc2ccc(F)cc2)C1. The van der Waals surface area contributed by atoms with Gasteiger partial charge in [-0.3, -0.25) is 14.4 Å². The molecule has 2 saturated heterocycles. The fourth-order valence-corrected chi connectivity index (χ4v) is 4.18. The average molecular weight is 434 g/mol. The largest absolute Gasteiger partial charge is 0.381 e. The van der Waals surface area contributed by atoms with Crippen molar-refractivity contribution < 1.29 is 23.5 Å². The summed E-state index contributed by atoms with van der Waals surface area (Å²) in [6.07, 6.45) is 3.29. The van der Waals surface area contributed by atoms with Crippen LogP contribution in [0.15, 0.2) is 24.3 Å². The zero-order valence-corrected chi connectivity index (χ0v) is 18.1. The van der Waals surface area contributed by atoms with Gasteiger partial charge in [-0.25, -0.2) is 4.39 Å². The highest BCUT2D eigenvalue weighted by atomic mass is 19.1. The van der Waals surface area contributed by atoms with Crippen LogP contribution in [-0.2, 0) is 25.5 Å². The van der Waals surface area contributed by atoms with Gasteiger partial charge >= 0.3 is 0 Å². The molecule has 0 saturated carbocycles. The molecule has 0 unspecified atom stereocenters. The highest BCUT2D eigenvalue weighted by Crippen LogP contribution is 2.20. The highest BCUT2D eigenvalue weighted by molar-refractivity contribution is 5.81. The molecule has 0 bridgehead atoms. The van der Waals surface area contributed by atoms with E-state index in [9.17, 15) is 18.8 Å². The normalized spacial score (nSPS) is 22.5. The first-order valence-electron chi connectivity index (χ1n) is 11.1. The maximum atomic E-state index is 13.0. The molecule has 2 fully saturated rings. The number of nitrogens with one attached hydrogen (secondary N) is 2. The smallest absolute Gasteiger partial charge is 0.224 e. The number of halogens is 1. The highest BCUT2D eigenvalue weighted by Gasteiger charge is 2.31. The predicted octanol–water partition coefficient (Wildman–Crippen LogP) is 1.65. The minimum Gasteiger partial charge on any atom is -0.381 e. The second-order valence-corrected chi connectivity index (χ2v) is 8.46. The molecule has 2 aliphatic heterocycles. The molecule has 2 N–H and O–H groups in total. The first kappa shape index (κ1) is 23.2. The molecule has 0 spiro atoms. The molecule has 3 amide bonds. The van der Waals surface area contributed by atoms with Gasteiger partial charge in [0.1, 0.15) is 5.82 Å². The summed E-state index contributed by atoms with van der Waals surface area (Å²) in [7, 11) is 0. The summed E-state index contributed by atoms with van der Waals surface area (Å²) in [5, 5.41) is 6.03. The van der Waals surface area contributed by atoms with Crippen LogP contribution in [0, 0.1) is 17.7 Å². The molecule has 1 aromatic rings. The van der Waals surface area contributed by atoms with Crippen LogP contribution in [0.5, 0.6) is 0 Å². The van der Waals surface area contributed by atoms with Crippen molar-refractivity contribution in [2.75, 3.05) is 32.8 Å². The zero-order chi connectivity index (χ0) is 22.2. The van der Waals surface area contributed by atoms with Gasteiger partial charge in [0.05, 0.1) is 5.92 Å². The maximum absolute atomic E-state index is 13.0. The van der Waals surface area contributed by atoms with Crippen LogP contribution in [0.1, 0.15) is 38.2 Å². The van der Waals surface area contributed by atoms with Crippen molar-refractivity contribution in [2.45, 2.75) is 45.1 Å². The Morgan fingerprint density at radius 3 is 2.39 bits per heavy atom. The molecule has 2 heterocycles. The van der Waals surface area contributed by atoms with Crippen molar-refractivity contribution in [2.24, 2.45) is 11.8 Å². The van der Waals surface area contributed by atoms with E-state index in [1.165, 1.54) is 19.1 Å². The number of rotatable bonds is 6. The van der Waals surface area contributed by atoms with Crippen molar-refractivity contribution in [1.82, 2.24) is 15.5 Å². The fourth-order valence-electron chi connectivity index (χ4n) is 4.18. The summed E-state index contributed by atoms with van der Waals surface area (Å²) in [6, 6.07) is 6.06. The number of nitrogens with zero attached hydrogens (tertiary/aromatic N) is 1.